The second kappa shape index (κ2) is 4.71. The summed E-state index contributed by atoms with van der Waals surface area (Å²) in [6.07, 6.45) is 3.99. The molecule has 1 atom stereocenters. The van der Waals surface area contributed by atoms with E-state index in [9.17, 15) is 4.79 Å². The Balaban J connectivity index is 2.01. The summed E-state index contributed by atoms with van der Waals surface area (Å²) in [6, 6.07) is 0. The molecular weight excluding hydrogens is 252 g/mol. The van der Waals surface area contributed by atoms with Crippen molar-refractivity contribution in [1.82, 2.24) is 10.2 Å². The van der Waals surface area contributed by atoms with Crippen molar-refractivity contribution in [2.45, 2.75) is 26.8 Å². The average Bonchev–Trinajstić information content (AvgIpc) is 2.94. The third-order valence-electron chi connectivity index (χ3n) is 2.08. The van der Waals surface area contributed by atoms with E-state index in [1.165, 1.54) is 34.9 Å². The van der Waals surface area contributed by atoms with Gasteiger partial charge in [-0.25, -0.2) is 0 Å². The molecule has 1 N–H and O–H groups in total. The number of carbonyl (C=O) groups is 1. The molecule has 1 aliphatic carbocycles. The van der Waals surface area contributed by atoms with Crippen LogP contribution in [0.25, 0.3) is 0 Å². The van der Waals surface area contributed by atoms with Crippen molar-refractivity contribution in [3.05, 3.63) is 0 Å². The first-order chi connectivity index (χ1) is 7.20. The highest BCUT2D eigenvalue weighted by atomic mass is 32.2. The molecule has 4 nitrogen and oxygen atoms in total. The van der Waals surface area contributed by atoms with E-state index < -0.39 is 5.97 Å². The summed E-state index contributed by atoms with van der Waals surface area (Å²) in [5.41, 5.74) is 0. The lowest BCUT2D eigenvalue weighted by molar-refractivity contribution is -0.136. The van der Waals surface area contributed by atoms with Crippen LogP contribution in [0.4, 0.5) is 0 Å². The van der Waals surface area contributed by atoms with Crippen LogP contribution in [0.3, 0.4) is 0 Å². The van der Waals surface area contributed by atoms with Crippen LogP contribution in [0.15, 0.2) is 8.68 Å². The first-order valence-corrected chi connectivity index (χ1v) is 7.39. The van der Waals surface area contributed by atoms with Crippen LogP contribution in [-0.2, 0) is 4.79 Å². The van der Waals surface area contributed by atoms with Crippen LogP contribution < -0.4 is 0 Å². The number of carboxylic acid groups (broad SMARTS) is 1. The average molecular weight is 262 g/mol. The second-order valence-electron chi connectivity index (χ2n) is 3.25. The maximum atomic E-state index is 11.0. The SMILES string of the molecule is CSc1nnc(SC(C(=O)O)C2CC2)s1. The highest BCUT2D eigenvalue weighted by Gasteiger charge is 2.37. The van der Waals surface area contributed by atoms with E-state index in [2.05, 4.69) is 10.2 Å². The Bertz CT molecular complexity index is 365. The fraction of sp³-hybridized carbons (Fsp3) is 0.625. The lowest BCUT2D eigenvalue weighted by Gasteiger charge is -2.06. The van der Waals surface area contributed by atoms with E-state index in [1.807, 2.05) is 6.26 Å². The van der Waals surface area contributed by atoms with E-state index in [-0.39, 0.29) is 5.25 Å². The molecule has 1 saturated carbocycles. The molecular formula is C8H10N2O2S3. The van der Waals surface area contributed by atoms with Gasteiger partial charge in [0.25, 0.3) is 0 Å². The molecule has 15 heavy (non-hydrogen) atoms. The van der Waals surface area contributed by atoms with Crippen molar-refractivity contribution in [3.63, 3.8) is 0 Å². The molecule has 1 aromatic heterocycles. The Morgan fingerprint density at radius 1 is 1.53 bits per heavy atom. The molecule has 0 radical (unpaired) electrons. The number of hydrogen-bond donors (Lipinski definition) is 1. The number of rotatable bonds is 5. The van der Waals surface area contributed by atoms with Gasteiger partial charge in [-0.2, -0.15) is 0 Å². The summed E-state index contributed by atoms with van der Waals surface area (Å²) in [5.74, 6) is -0.405. The number of carboxylic acids is 1. The largest absolute Gasteiger partial charge is 0.480 e. The van der Waals surface area contributed by atoms with E-state index in [1.54, 1.807) is 0 Å². The Morgan fingerprint density at radius 2 is 2.20 bits per heavy atom. The highest BCUT2D eigenvalue weighted by molar-refractivity contribution is 8.03. The quantitative estimate of drug-likeness (QED) is 0.821. The van der Waals surface area contributed by atoms with Gasteiger partial charge in [-0.15, -0.1) is 10.2 Å². The van der Waals surface area contributed by atoms with Gasteiger partial charge < -0.3 is 5.11 Å². The lowest BCUT2D eigenvalue weighted by atomic mass is 10.3. The maximum absolute atomic E-state index is 11.0. The van der Waals surface area contributed by atoms with Gasteiger partial charge in [0.1, 0.15) is 5.25 Å². The standard InChI is InChI=1S/C8H10N2O2S3/c1-13-7-9-10-8(15-7)14-5(6(11)12)4-2-3-4/h4-5H,2-3H2,1H3,(H,11,12). The molecule has 2 rings (SSSR count). The minimum absolute atomic E-state index is 0.328. The predicted molar refractivity (Wildman–Crippen MR) is 61.7 cm³/mol. The van der Waals surface area contributed by atoms with Gasteiger partial charge >= 0.3 is 5.97 Å². The minimum atomic E-state index is -0.733. The fourth-order valence-corrected chi connectivity index (χ4v) is 3.96. The van der Waals surface area contributed by atoms with E-state index >= 15 is 0 Å². The van der Waals surface area contributed by atoms with E-state index in [0.29, 0.717) is 5.92 Å². The molecule has 0 spiro atoms. The molecule has 0 amide bonds. The van der Waals surface area contributed by atoms with Crippen molar-refractivity contribution in [1.29, 1.82) is 0 Å². The van der Waals surface area contributed by atoms with Crippen molar-refractivity contribution in [2.75, 3.05) is 6.26 Å². The molecule has 1 unspecified atom stereocenters. The first-order valence-electron chi connectivity index (χ1n) is 4.47. The number of aromatic nitrogens is 2. The molecule has 1 heterocycles. The highest BCUT2D eigenvalue weighted by Crippen LogP contribution is 2.42. The van der Waals surface area contributed by atoms with Crippen LogP contribution in [0.5, 0.6) is 0 Å². The monoisotopic (exact) mass is 262 g/mol. The van der Waals surface area contributed by atoms with Gasteiger partial charge in [0, 0.05) is 0 Å². The number of thioether (sulfide) groups is 2. The summed E-state index contributed by atoms with van der Waals surface area (Å²) in [5, 5.41) is 16.6. The van der Waals surface area contributed by atoms with E-state index in [0.717, 1.165) is 21.5 Å². The Hall–Kier alpha value is -0.270. The van der Waals surface area contributed by atoms with Crippen LogP contribution in [0.2, 0.25) is 0 Å². The molecule has 82 valence electrons. The van der Waals surface area contributed by atoms with Crippen LogP contribution in [-0.4, -0.2) is 32.8 Å². The number of nitrogens with zero attached hydrogens (tertiary/aromatic N) is 2. The van der Waals surface area contributed by atoms with Crippen molar-refractivity contribution < 1.29 is 9.90 Å². The van der Waals surface area contributed by atoms with Gasteiger partial charge in [0.15, 0.2) is 8.68 Å². The van der Waals surface area contributed by atoms with Crippen LogP contribution >= 0.6 is 34.9 Å². The normalized spacial score (nSPS) is 17.7. The molecule has 0 aliphatic heterocycles. The van der Waals surface area contributed by atoms with E-state index in [4.69, 9.17) is 5.11 Å². The van der Waals surface area contributed by atoms with Gasteiger partial charge in [-0.3, -0.25) is 4.79 Å². The first kappa shape index (κ1) is 11.2. The van der Waals surface area contributed by atoms with Gasteiger partial charge in [0.2, 0.25) is 0 Å². The third kappa shape index (κ3) is 2.85. The molecule has 0 bridgehead atoms. The summed E-state index contributed by atoms with van der Waals surface area (Å²) < 4.78 is 1.65. The van der Waals surface area contributed by atoms with Gasteiger partial charge in [-0.1, -0.05) is 34.9 Å². The second-order valence-corrected chi connectivity index (χ2v) is 6.67. The Morgan fingerprint density at radius 3 is 2.67 bits per heavy atom. The topological polar surface area (TPSA) is 63.1 Å². The molecule has 7 heteroatoms. The predicted octanol–water partition coefficient (Wildman–Crippen LogP) is 2.22. The molecule has 1 fully saturated rings. The Labute approximate surface area is 99.9 Å². The smallest absolute Gasteiger partial charge is 0.317 e. The number of aliphatic carboxylic acids is 1. The fourth-order valence-electron chi connectivity index (χ4n) is 1.18. The zero-order chi connectivity index (χ0) is 10.8. The summed E-state index contributed by atoms with van der Waals surface area (Å²) in [4.78, 5) is 11.0. The summed E-state index contributed by atoms with van der Waals surface area (Å²) in [7, 11) is 0. The lowest BCUT2D eigenvalue weighted by Crippen LogP contribution is -2.18. The molecule has 1 aliphatic rings. The molecule has 1 aromatic rings. The maximum Gasteiger partial charge on any atom is 0.317 e. The summed E-state index contributed by atoms with van der Waals surface area (Å²) in [6.45, 7) is 0. The van der Waals surface area contributed by atoms with Gasteiger partial charge in [-0.05, 0) is 25.0 Å². The van der Waals surface area contributed by atoms with Crippen LogP contribution in [0.1, 0.15) is 12.8 Å². The zero-order valence-electron chi connectivity index (χ0n) is 8.04. The van der Waals surface area contributed by atoms with Crippen molar-refractivity contribution in [3.8, 4) is 0 Å². The summed E-state index contributed by atoms with van der Waals surface area (Å²) >= 11 is 4.33. The molecule has 0 aromatic carbocycles. The van der Waals surface area contributed by atoms with Gasteiger partial charge in [0.05, 0.1) is 0 Å². The molecule has 0 saturated heterocycles. The number of hydrogen-bond acceptors (Lipinski definition) is 6. The van der Waals surface area contributed by atoms with Crippen molar-refractivity contribution in [2.24, 2.45) is 5.92 Å². The van der Waals surface area contributed by atoms with Crippen molar-refractivity contribution >= 4 is 40.8 Å². The minimum Gasteiger partial charge on any atom is -0.480 e. The third-order valence-corrected chi connectivity index (χ3v) is 5.44. The van der Waals surface area contributed by atoms with Crippen LogP contribution in [0, 0.1) is 5.92 Å². The zero-order valence-corrected chi connectivity index (χ0v) is 10.5. The Kier molecular flexibility index (Phi) is 3.53.